The lowest BCUT2D eigenvalue weighted by Crippen LogP contribution is -2.49. The molecule has 94 valence electrons. The van der Waals surface area contributed by atoms with Gasteiger partial charge in [0.1, 0.15) is 0 Å². The molecule has 16 heavy (non-hydrogen) atoms. The SMILES string of the molecule is CCN(CC)C(=O)C(C)N1CCC[C@H]1CO. The first-order valence-corrected chi connectivity index (χ1v) is 6.31. The largest absolute Gasteiger partial charge is 0.395 e. The molecule has 2 atom stereocenters. The van der Waals surface area contributed by atoms with Crippen molar-refractivity contribution in [2.45, 2.75) is 45.7 Å². The summed E-state index contributed by atoms with van der Waals surface area (Å²) < 4.78 is 0. The summed E-state index contributed by atoms with van der Waals surface area (Å²) in [6.45, 7) is 8.57. The standard InChI is InChI=1S/C12H24N2O2/c1-4-13(5-2)12(16)10(3)14-8-6-7-11(14)9-15/h10-11,15H,4-9H2,1-3H3/t10?,11-/m0/s1. The third kappa shape index (κ3) is 2.74. The van der Waals surface area contributed by atoms with Gasteiger partial charge in [0.25, 0.3) is 0 Å². The second-order valence-corrected chi connectivity index (χ2v) is 4.40. The fraction of sp³-hybridized carbons (Fsp3) is 0.917. The number of carbonyl (C=O) groups is 1. The smallest absolute Gasteiger partial charge is 0.239 e. The number of likely N-dealkylation sites (N-methyl/N-ethyl adjacent to an activating group) is 1. The van der Waals surface area contributed by atoms with Gasteiger partial charge >= 0.3 is 0 Å². The van der Waals surface area contributed by atoms with Gasteiger partial charge in [-0.2, -0.15) is 0 Å². The Kier molecular flexibility index (Phi) is 5.22. The van der Waals surface area contributed by atoms with Gasteiger partial charge in [-0.25, -0.2) is 0 Å². The van der Waals surface area contributed by atoms with E-state index in [0.29, 0.717) is 0 Å². The Morgan fingerprint density at radius 3 is 2.62 bits per heavy atom. The molecule has 4 nitrogen and oxygen atoms in total. The fourth-order valence-corrected chi connectivity index (χ4v) is 2.51. The average Bonchev–Trinajstić information content (AvgIpc) is 2.77. The van der Waals surface area contributed by atoms with E-state index >= 15 is 0 Å². The number of aliphatic hydroxyl groups excluding tert-OH is 1. The van der Waals surface area contributed by atoms with E-state index in [4.69, 9.17) is 0 Å². The minimum Gasteiger partial charge on any atom is -0.395 e. The summed E-state index contributed by atoms with van der Waals surface area (Å²) >= 11 is 0. The predicted molar refractivity (Wildman–Crippen MR) is 64.2 cm³/mol. The lowest BCUT2D eigenvalue weighted by atomic mass is 10.2. The van der Waals surface area contributed by atoms with Crippen LogP contribution in [-0.2, 0) is 4.79 Å². The zero-order valence-electron chi connectivity index (χ0n) is 10.6. The maximum Gasteiger partial charge on any atom is 0.239 e. The molecule has 0 spiro atoms. The van der Waals surface area contributed by atoms with Crippen LogP contribution in [0.15, 0.2) is 0 Å². The molecule has 1 aliphatic heterocycles. The molecular formula is C12H24N2O2. The van der Waals surface area contributed by atoms with Crippen molar-refractivity contribution in [3.63, 3.8) is 0 Å². The number of nitrogens with zero attached hydrogens (tertiary/aromatic N) is 2. The molecule has 0 radical (unpaired) electrons. The van der Waals surface area contributed by atoms with Crippen LogP contribution in [0.25, 0.3) is 0 Å². The van der Waals surface area contributed by atoms with Crippen LogP contribution < -0.4 is 0 Å². The van der Waals surface area contributed by atoms with Crippen LogP contribution >= 0.6 is 0 Å². The quantitative estimate of drug-likeness (QED) is 0.753. The number of aliphatic hydroxyl groups is 1. The first kappa shape index (κ1) is 13.5. The van der Waals surface area contributed by atoms with E-state index in [0.717, 1.165) is 32.5 Å². The van der Waals surface area contributed by atoms with Crippen molar-refractivity contribution >= 4 is 5.91 Å². The third-order valence-corrected chi connectivity index (χ3v) is 3.56. The zero-order valence-corrected chi connectivity index (χ0v) is 10.6. The second kappa shape index (κ2) is 6.21. The highest BCUT2D eigenvalue weighted by molar-refractivity contribution is 5.81. The first-order valence-electron chi connectivity index (χ1n) is 6.31. The molecule has 0 aromatic heterocycles. The van der Waals surface area contributed by atoms with Crippen molar-refractivity contribution in [3.05, 3.63) is 0 Å². The van der Waals surface area contributed by atoms with Gasteiger partial charge in [0.05, 0.1) is 12.6 Å². The van der Waals surface area contributed by atoms with E-state index in [1.807, 2.05) is 25.7 Å². The van der Waals surface area contributed by atoms with Crippen LogP contribution in [0.4, 0.5) is 0 Å². The van der Waals surface area contributed by atoms with Gasteiger partial charge in [-0.1, -0.05) is 0 Å². The topological polar surface area (TPSA) is 43.8 Å². The van der Waals surface area contributed by atoms with Gasteiger partial charge in [0.15, 0.2) is 0 Å². The number of carbonyl (C=O) groups excluding carboxylic acids is 1. The molecule has 0 aromatic carbocycles. The van der Waals surface area contributed by atoms with Crippen molar-refractivity contribution in [2.24, 2.45) is 0 Å². The molecule has 1 rings (SSSR count). The van der Waals surface area contributed by atoms with Crippen molar-refractivity contribution in [3.8, 4) is 0 Å². The monoisotopic (exact) mass is 228 g/mol. The molecule has 4 heteroatoms. The molecule has 1 unspecified atom stereocenters. The summed E-state index contributed by atoms with van der Waals surface area (Å²) in [7, 11) is 0. The van der Waals surface area contributed by atoms with Gasteiger partial charge in [-0.15, -0.1) is 0 Å². The number of amides is 1. The molecule has 1 fully saturated rings. The lowest BCUT2D eigenvalue weighted by Gasteiger charge is -2.32. The van der Waals surface area contributed by atoms with Gasteiger partial charge < -0.3 is 10.0 Å². The second-order valence-electron chi connectivity index (χ2n) is 4.40. The van der Waals surface area contributed by atoms with Crippen LogP contribution in [0.2, 0.25) is 0 Å². The fourth-order valence-electron chi connectivity index (χ4n) is 2.51. The summed E-state index contributed by atoms with van der Waals surface area (Å²) in [5.41, 5.74) is 0. The van der Waals surface area contributed by atoms with E-state index in [-0.39, 0.29) is 24.6 Å². The summed E-state index contributed by atoms with van der Waals surface area (Å²) in [6.07, 6.45) is 2.09. The van der Waals surface area contributed by atoms with Crippen LogP contribution in [0.3, 0.4) is 0 Å². The summed E-state index contributed by atoms with van der Waals surface area (Å²) in [6, 6.07) is 0.0778. The highest BCUT2D eigenvalue weighted by Crippen LogP contribution is 2.20. The molecule has 0 aliphatic carbocycles. The Labute approximate surface area is 98.2 Å². The van der Waals surface area contributed by atoms with Crippen LogP contribution in [-0.4, -0.2) is 59.1 Å². The number of hydrogen-bond acceptors (Lipinski definition) is 3. The van der Waals surface area contributed by atoms with E-state index in [2.05, 4.69) is 4.90 Å². The molecule has 1 amide bonds. The molecule has 0 aromatic rings. The van der Waals surface area contributed by atoms with Crippen LogP contribution in [0.1, 0.15) is 33.6 Å². The van der Waals surface area contributed by atoms with Crippen LogP contribution in [0, 0.1) is 0 Å². The van der Waals surface area contributed by atoms with E-state index in [1.54, 1.807) is 0 Å². The normalized spacial score (nSPS) is 23.4. The number of likely N-dealkylation sites (tertiary alicyclic amines) is 1. The Morgan fingerprint density at radius 2 is 2.12 bits per heavy atom. The van der Waals surface area contributed by atoms with Crippen molar-refractivity contribution in [1.82, 2.24) is 9.80 Å². The summed E-state index contributed by atoms with van der Waals surface area (Å²) in [4.78, 5) is 16.2. The van der Waals surface area contributed by atoms with E-state index < -0.39 is 0 Å². The van der Waals surface area contributed by atoms with Crippen molar-refractivity contribution in [2.75, 3.05) is 26.2 Å². The first-order chi connectivity index (χ1) is 7.65. The minimum absolute atomic E-state index is 0.0976. The zero-order chi connectivity index (χ0) is 12.1. The number of rotatable bonds is 5. The third-order valence-electron chi connectivity index (χ3n) is 3.56. The molecule has 1 N–H and O–H groups in total. The Bertz CT molecular complexity index is 229. The highest BCUT2D eigenvalue weighted by atomic mass is 16.3. The molecule has 1 saturated heterocycles. The molecule has 0 saturated carbocycles. The lowest BCUT2D eigenvalue weighted by molar-refractivity contribution is -0.136. The highest BCUT2D eigenvalue weighted by Gasteiger charge is 2.32. The molecule has 1 heterocycles. The van der Waals surface area contributed by atoms with E-state index in [1.165, 1.54) is 0 Å². The van der Waals surface area contributed by atoms with Gasteiger partial charge in [-0.3, -0.25) is 9.69 Å². The Morgan fingerprint density at radius 1 is 1.50 bits per heavy atom. The maximum atomic E-state index is 12.2. The molecule has 0 bridgehead atoms. The maximum absolute atomic E-state index is 12.2. The summed E-state index contributed by atoms with van der Waals surface area (Å²) in [5, 5.41) is 9.25. The Hall–Kier alpha value is -0.610. The van der Waals surface area contributed by atoms with Crippen LogP contribution in [0.5, 0.6) is 0 Å². The van der Waals surface area contributed by atoms with Crippen molar-refractivity contribution in [1.29, 1.82) is 0 Å². The number of hydrogen-bond donors (Lipinski definition) is 1. The predicted octanol–water partition coefficient (Wildman–Crippen LogP) is 0.700. The summed E-state index contributed by atoms with van der Waals surface area (Å²) in [5.74, 6) is 0.186. The minimum atomic E-state index is -0.0976. The van der Waals surface area contributed by atoms with Crippen molar-refractivity contribution < 1.29 is 9.90 Å². The van der Waals surface area contributed by atoms with Gasteiger partial charge in [-0.05, 0) is 40.2 Å². The molecular weight excluding hydrogens is 204 g/mol. The average molecular weight is 228 g/mol. The van der Waals surface area contributed by atoms with Gasteiger partial charge in [0.2, 0.25) is 5.91 Å². The van der Waals surface area contributed by atoms with E-state index in [9.17, 15) is 9.90 Å². The van der Waals surface area contributed by atoms with Gasteiger partial charge in [0, 0.05) is 19.1 Å². The molecule has 1 aliphatic rings. The Balaban J connectivity index is 2.61.